The van der Waals surface area contributed by atoms with Crippen molar-refractivity contribution in [2.75, 3.05) is 39.3 Å². The second kappa shape index (κ2) is 8.90. The first-order valence-corrected chi connectivity index (χ1v) is 9.94. The molecular weight excluding hydrogens is 346 g/mol. The van der Waals surface area contributed by atoms with Crippen LogP contribution in [0.5, 0.6) is 0 Å². The quantitative estimate of drug-likeness (QED) is 0.759. The number of hydrogen-bond donors (Lipinski definition) is 0. The van der Waals surface area contributed by atoms with Gasteiger partial charge in [0.25, 0.3) is 0 Å². The van der Waals surface area contributed by atoms with E-state index >= 15 is 0 Å². The summed E-state index contributed by atoms with van der Waals surface area (Å²) in [7, 11) is 0. The van der Waals surface area contributed by atoms with Crippen LogP contribution in [0.15, 0.2) is 24.3 Å². The number of carbonyl (C=O) groups excluding carboxylic acids is 1. The molecule has 140 valence electrons. The molecular formula is C21H28ClN3O. The van der Waals surface area contributed by atoms with Crippen LogP contribution in [0.3, 0.4) is 0 Å². The molecule has 1 amide bonds. The summed E-state index contributed by atoms with van der Waals surface area (Å²) in [4.78, 5) is 19.6. The molecule has 1 aromatic rings. The predicted octanol–water partition coefficient (Wildman–Crippen LogP) is 3.03. The molecule has 0 bridgehead atoms. The average molecular weight is 374 g/mol. The van der Waals surface area contributed by atoms with E-state index in [1.165, 1.54) is 0 Å². The lowest BCUT2D eigenvalue weighted by Gasteiger charge is -2.42. The van der Waals surface area contributed by atoms with Crippen LogP contribution in [0.25, 0.3) is 0 Å². The van der Waals surface area contributed by atoms with Gasteiger partial charge in [0.2, 0.25) is 5.91 Å². The van der Waals surface area contributed by atoms with Crippen LogP contribution in [0, 0.1) is 12.3 Å². The SMILES string of the molecule is C#CCN1CCCCC1C(=O)N1CCN(C(C)c2ccccc2Cl)CC1. The number of benzene rings is 1. The number of halogens is 1. The van der Waals surface area contributed by atoms with Crippen molar-refractivity contribution in [1.29, 1.82) is 0 Å². The molecule has 26 heavy (non-hydrogen) atoms. The van der Waals surface area contributed by atoms with Gasteiger partial charge < -0.3 is 4.90 Å². The number of piperazine rings is 1. The molecule has 0 spiro atoms. The van der Waals surface area contributed by atoms with Gasteiger partial charge in [0.1, 0.15) is 0 Å². The summed E-state index contributed by atoms with van der Waals surface area (Å²) in [5.41, 5.74) is 1.15. The Balaban J connectivity index is 1.58. The number of hydrogen-bond acceptors (Lipinski definition) is 3. The molecule has 0 aliphatic carbocycles. The van der Waals surface area contributed by atoms with E-state index in [1.54, 1.807) is 0 Å². The Morgan fingerprint density at radius 2 is 1.96 bits per heavy atom. The van der Waals surface area contributed by atoms with Crippen LogP contribution in [0.1, 0.15) is 37.8 Å². The Morgan fingerprint density at radius 3 is 2.65 bits per heavy atom. The van der Waals surface area contributed by atoms with Gasteiger partial charge in [-0.3, -0.25) is 14.6 Å². The molecule has 2 unspecified atom stereocenters. The third-order valence-corrected chi connectivity index (χ3v) is 6.07. The zero-order valence-corrected chi connectivity index (χ0v) is 16.3. The van der Waals surface area contributed by atoms with E-state index in [2.05, 4.69) is 28.7 Å². The van der Waals surface area contributed by atoms with Gasteiger partial charge >= 0.3 is 0 Å². The molecule has 2 aliphatic heterocycles. The van der Waals surface area contributed by atoms with Gasteiger partial charge in [0.05, 0.1) is 12.6 Å². The van der Waals surface area contributed by atoms with E-state index in [1.807, 2.05) is 23.1 Å². The van der Waals surface area contributed by atoms with Crippen LogP contribution >= 0.6 is 11.6 Å². The lowest BCUT2D eigenvalue weighted by atomic mass is 10.00. The fraction of sp³-hybridized carbons (Fsp3) is 0.571. The van der Waals surface area contributed by atoms with Gasteiger partial charge in [-0.05, 0) is 37.9 Å². The van der Waals surface area contributed by atoms with Crippen molar-refractivity contribution in [1.82, 2.24) is 14.7 Å². The normalized spacial score (nSPS) is 23.4. The summed E-state index contributed by atoms with van der Waals surface area (Å²) >= 11 is 6.35. The summed E-state index contributed by atoms with van der Waals surface area (Å²) in [6, 6.07) is 8.24. The summed E-state index contributed by atoms with van der Waals surface area (Å²) in [5.74, 6) is 2.96. The van der Waals surface area contributed by atoms with Crippen molar-refractivity contribution >= 4 is 17.5 Å². The van der Waals surface area contributed by atoms with Crippen molar-refractivity contribution < 1.29 is 4.79 Å². The lowest BCUT2D eigenvalue weighted by molar-refractivity contribution is -0.140. The van der Waals surface area contributed by atoms with Gasteiger partial charge in [-0.1, -0.05) is 42.1 Å². The zero-order chi connectivity index (χ0) is 18.5. The zero-order valence-electron chi connectivity index (χ0n) is 15.5. The van der Waals surface area contributed by atoms with Gasteiger partial charge in [0.15, 0.2) is 0 Å². The second-order valence-electron chi connectivity index (χ2n) is 7.24. The molecule has 0 radical (unpaired) electrons. The molecule has 0 N–H and O–H groups in total. The second-order valence-corrected chi connectivity index (χ2v) is 7.65. The third kappa shape index (κ3) is 4.23. The maximum Gasteiger partial charge on any atom is 0.240 e. The van der Waals surface area contributed by atoms with Gasteiger partial charge in [0, 0.05) is 37.2 Å². The first-order valence-electron chi connectivity index (χ1n) is 9.56. The standard InChI is InChI=1S/C21H28ClN3O/c1-3-11-24-12-7-6-10-20(24)21(26)25-15-13-23(14-16-25)17(2)18-8-4-5-9-19(18)22/h1,4-5,8-9,17,20H,6-7,10-16H2,2H3. The lowest BCUT2D eigenvalue weighted by Crippen LogP contribution is -2.56. The average Bonchev–Trinajstić information content (AvgIpc) is 2.68. The molecule has 2 atom stereocenters. The number of likely N-dealkylation sites (tertiary alicyclic amines) is 1. The number of piperidine rings is 1. The van der Waals surface area contributed by atoms with Crippen LogP contribution in [-0.4, -0.2) is 65.9 Å². The number of terminal acetylenes is 1. The Hall–Kier alpha value is -1.54. The molecule has 2 fully saturated rings. The molecule has 3 rings (SSSR count). The van der Waals surface area contributed by atoms with Gasteiger partial charge in [-0.25, -0.2) is 0 Å². The van der Waals surface area contributed by atoms with Gasteiger partial charge in [-0.2, -0.15) is 0 Å². The number of carbonyl (C=O) groups is 1. The molecule has 4 nitrogen and oxygen atoms in total. The van der Waals surface area contributed by atoms with E-state index < -0.39 is 0 Å². The highest BCUT2D eigenvalue weighted by molar-refractivity contribution is 6.31. The molecule has 5 heteroatoms. The predicted molar refractivity (Wildman–Crippen MR) is 106 cm³/mol. The number of amides is 1. The molecule has 0 saturated carbocycles. The summed E-state index contributed by atoms with van der Waals surface area (Å²) < 4.78 is 0. The van der Waals surface area contributed by atoms with Crippen molar-refractivity contribution in [2.45, 2.75) is 38.3 Å². The maximum atomic E-state index is 13.0. The van der Waals surface area contributed by atoms with E-state index in [0.29, 0.717) is 6.54 Å². The van der Waals surface area contributed by atoms with Crippen molar-refractivity contribution in [2.24, 2.45) is 0 Å². The number of rotatable bonds is 4. The molecule has 2 heterocycles. The van der Waals surface area contributed by atoms with E-state index in [0.717, 1.165) is 62.6 Å². The Bertz CT molecular complexity index is 663. The monoisotopic (exact) mass is 373 g/mol. The van der Waals surface area contributed by atoms with Crippen LogP contribution < -0.4 is 0 Å². The fourth-order valence-electron chi connectivity index (χ4n) is 4.13. The van der Waals surface area contributed by atoms with Crippen LogP contribution in [0.4, 0.5) is 0 Å². The van der Waals surface area contributed by atoms with Crippen molar-refractivity contribution in [3.63, 3.8) is 0 Å². The van der Waals surface area contributed by atoms with Crippen molar-refractivity contribution in [3.8, 4) is 12.3 Å². The Kier molecular flexibility index (Phi) is 6.58. The largest absolute Gasteiger partial charge is 0.339 e. The molecule has 2 saturated heterocycles. The van der Waals surface area contributed by atoms with E-state index in [-0.39, 0.29) is 18.0 Å². The molecule has 0 aromatic heterocycles. The number of nitrogens with zero attached hydrogens (tertiary/aromatic N) is 3. The molecule has 1 aromatic carbocycles. The Morgan fingerprint density at radius 1 is 1.23 bits per heavy atom. The smallest absolute Gasteiger partial charge is 0.240 e. The van der Waals surface area contributed by atoms with Crippen LogP contribution in [-0.2, 0) is 4.79 Å². The maximum absolute atomic E-state index is 13.0. The first kappa shape index (κ1) is 19.2. The fourth-order valence-corrected chi connectivity index (χ4v) is 4.42. The highest BCUT2D eigenvalue weighted by atomic mass is 35.5. The van der Waals surface area contributed by atoms with E-state index in [9.17, 15) is 4.79 Å². The minimum Gasteiger partial charge on any atom is -0.339 e. The highest BCUT2D eigenvalue weighted by Crippen LogP contribution is 2.28. The third-order valence-electron chi connectivity index (χ3n) is 5.72. The van der Waals surface area contributed by atoms with Gasteiger partial charge in [-0.15, -0.1) is 6.42 Å². The first-order chi connectivity index (χ1) is 12.6. The minimum atomic E-state index is -0.0349. The minimum absolute atomic E-state index is 0.0349. The summed E-state index contributed by atoms with van der Waals surface area (Å²) in [6.07, 6.45) is 8.66. The molecule has 2 aliphatic rings. The van der Waals surface area contributed by atoms with Crippen LogP contribution in [0.2, 0.25) is 5.02 Å². The summed E-state index contributed by atoms with van der Waals surface area (Å²) in [5, 5.41) is 0.811. The Labute approximate surface area is 162 Å². The van der Waals surface area contributed by atoms with E-state index in [4.69, 9.17) is 18.0 Å². The highest BCUT2D eigenvalue weighted by Gasteiger charge is 2.33. The summed E-state index contributed by atoms with van der Waals surface area (Å²) in [6.45, 7) is 6.99. The topological polar surface area (TPSA) is 26.8 Å². The van der Waals surface area contributed by atoms with Crippen molar-refractivity contribution in [3.05, 3.63) is 34.9 Å².